The van der Waals surface area contributed by atoms with E-state index in [0.29, 0.717) is 6.42 Å². The molecule has 1 nitrogen and oxygen atoms in total. The van der Waals surface area contributed by atoms with Gasteiger partial charge in [0.25, 0.3) is 0 Å². The van der Waals surface area contributed by atoms with Gasteiger partial charge in [0.05, 0.1) is 0 Å². The predicted octanol–water partition coefficient (Wildman–Crippen LogP) is 3.75. The summed E-state index contributed by atoms with van der Waals surface area (Å²) in [6, 6.07) is 7.97. The number of halogens is 3. The van der Waals surface area contributed by atoms with Crippen molar-refractivity contribution < 1.29 is 4.79 Å². The molecule has 1 saturated carbocycles. The van der Waals surface area contributed by atoms with Crippen LogP contribution < -0.4 is 0 Å². The highest BCUT2D eigenvalue weighted by atomic mass is 79.9. The second-order valence-corrected chi connectivity index (χ2v) is 6.08. The van der Waals surface area contributed by atoms with E-state index >= 15 is 0 Å². The molecule has 0 amide bonds. The lowest BCUT2D eigenvalue weighted by Crippen LogP contribution is -2.48. The molecule has 1 aliphatic carbocycles. The van der Waals surface area contributed by atoms with Gasteiger partial charge in [-0.1, -0.05) is 51.3 Å². The SMILES string of the molecule is O=C1CC(Cc2ccc(Br)cc2)C1(Cl)Cl. The number of benzene rings is 1. The Hall–Kier alpha value is -0.0500. The number of Topliss-reactive ketones (excluding diaryl/α,β-unsaturated/α-hetero) is 1. The standard InChI is InChI=1S/C11H9BrCl2O/c12-9-3-1-7(2-4-9)5-8-6-10(15)11(8,13)14/h1-4,8H,5-6H2. The molecule has 0 N–H and O–H groups in total. The van der Waals surface area contributed by atoms with E-state index < -0.39 is 4.33 Å². The van der Waals surface area contributed by atoms with E-state index in [0.717, 1.165) is 16.5 Å². The lowest BCUT2D eigenvalue weighted by Gasteiger charge is -2.37. The van der Waals surface area contributed by atoms with E-state index in [1.165, 1.54) is 0 Å². The molecule has 1 fully saturated rings. The Kier molecular flexibility index (Phi) is 3.11. The molecule has 1 aromatic rings. The summed E-state index contributed by atoms with van der Waals surface area (Å²) in [5, 5.41) is 0. The van der Waals surface area contributed by atoms with Crippen LogP contribution in [0.5, 0.6) is 0 Å². The molecule has 0 aromatic heterocycles. The third-order valence-electron chi connectivity index (χ3n) is 2.71. The molecule has 1 atom stereocenters. The molecular weight excluding hydrogens is 299 g/mol. The van der Waals surface area contributed by atoms with E-state index in [-0.39, 0.29) is 11.7 Å². The van der Waals surface area contributed by atoms with Crippen molar-refractivity contribution in [1.29, 1.82) is 0 Å². The maximum atomic E-state index is 11.1. The van der Waals surface area contributed by atoms with Crippen LogP contribution in [-0.4, -0.2) is 10.1 Å². The molecule has 0 saturated heterocycles. The summed E-state index contributed by atoms with van der Waals surface area (Å²) in [6.07, 6.45) is 1.25. The van der Waals surface area contributed by atoms with Gasteiger partial charge in [-0.3, -0.25) is 4.79 Å². The highest BCUT2D eigenvalue weighted by molar-refractivity contribution is 9.10. The van der Waals surface area contributed by atoms with Crippen LogP contribution in [0.15, 0.2) is 28.7 Å². The maximum absolute atomic E-state index is 11.1. The van der Waals surface area contributed by atoms with Crippen LogP contribution in [0.4, 0.5) is 0 Å². The third kappa shape index (κ3) is 2.22. The van der Waals surface area contributed by atoms with E-state index in [2.05, 4.69) is 15.9 Å². The summed E-state index contributed by atoms with van der Waals surface area (Å²) in [5.74, 6) is -0.0116. The van der Waals surface area contributed by atoms with Crippen LogP contribution in [0.3, 0.4) is 0 Å². The highest BCUT2D eigenvalue weighted by Crippen LogP contribution is 2.46. The van der Waals surface area contributed by atoms with Gasteiger partial charge in [0.2, 0.25) is 0 Å². The monoisotopic (exact) mass is 306 g/mol. The summed E-state index contributed by atoms with van der Waals surface area (Å²) < 4.78 is -0.119. The van der Waals surface area contributed by atoms with Crippen LogP contribution in [0.2, 0.25) is 0 Å². The van der Waals surface area contributed by atoms with Crippen molar-refractivity contribution in [2.45, 2.75) is 17.2 Å². The normalized spacial score (nSPS) is 23.7. The molecule has 0 spiro atoms. The minimum atomic E-state index is -1.16. The van der Waals surface area contributed by atoms with Gasteiger partial charge in [0.1, 0.15) is 0 Å². The minimum absolute atomic E-state index is 0.0505. The van der Waals surface area contributed by atoms with E-state index in [1.54, 1.807) is 0 Å². The number of hydrogen-bond acceptors (Lipinski definition) is 1. The predicted molar refractivity (Wildman–Crippen MR) is 65.4 cm³/mol. The molecule has 0 radical (unpaired) electrons. The van der Waals surface area contributed by atoms with E-state index in [9.17, 15) is 4.79 Å². The van der Waals surface area contributed by atoms with E-state index in [4.69, 9.17) is 23.2 Å². The first-order valence-corrected chi connectivity index (χ1v) is 6.20. The number of carbonyl (C=O) groups excluding carboxylic acids is 1. The molecule has 0 bridgehead atoms. The van der Waals surface area contributed by atoms with Gasteiger partial charge >= 0.3 is 0 Å². The average Bonchev–Trinajstić information content (AvgIpc) is 2.21. The van der Waals surface area contributed by atoms with Crippen molar-refractivity contribution in [3.8, 4) is 0 Å². The van der Waals surface area contributed by atoms with Crippen LogP contribution in [0.25, 0.3) is 0 Å². The zero-order valence-electron chi connectivity index (χ0n) is 7.84. The van der Waals surface area contributed by atoms with E-state index in [1.807, 2.05) is 24.3 Å². The molecule has 1 aromatic carbocycles. The van der Waals surface area contributed by atoms with Crippen LogP contribution in [-0.2, 0) is 11.2 Å². The molecule has 2 rings (SSSR count). The first-order chi connectivity index (χ1) is 7.00. The first kappa shape index (κ1) is 11.4. The van der Waals surface area contributed by atoms with Crippen LogP contribution >= 0.6 is 39.1 Å². The van der Waals surface area contributed by atoms with Crippen LogP contribution in [0.1, 0.15) is 12.0 Å². The van der Waals surface area contributed by atoms with Gasteiger partial charge < -0.3 is 0 Å². The Morgan fingerprint density at radius 1 is 1.33 bits per heavy atom. The average molecular weight is 308 g/mol. The number of alkyl halides is 2. The van der Waals surface area contributed by atoms with Crippen molar-refractivity contribution in [2.75, 3.05) is 0 Å². The molecule has 0 aliphatic heterocycles. The largest absolute Gasteiger partial charge is 0.296 e. The minimum Gasteiger partial charge on any atom is -0.296 e. The zero-order valence-corrected chi connectivity index (χ0v) is 10.9. The Labute approximate surface area is 107 Å². The molecule has 80 valence electrons. The molecule has 1 unspecified atom stereocenters. The Balaban J connectivity index is 2.05. The fraction of sp³-hybridized carbons (Fsp3) is 0.364. The second-order valence-electron chi connectivity index (χ2n) is 3.78. The summed E-state index contributed by atoms with van der Waals surface area (Å²) in [6.45, 7) is 0. The maximum Gasteiger partial charge on any atom is 0.179 e. The van der Waals surface area contributed by atoms with Crippen molar-refractivity contribution in [3.05, 3.63) is 34.3 Å². The zero-order chi connectivity index (χ0) is 11.1. The number of carbonyl (C=O) groups is 1. The lowest BCUT2D eigenvalue weighted by atomic mass is 9.78. The molecule has 15 heavy (non-hydrogen) atoms. The summed E-state index contributed by atoms with van der Waals surface area (Å²) in [5.41, 5.74) is 1.15. The molecule has 0 heterocycles. The van der Waals surface area contributed by atoms with Crippen molar-refractivity contribution >= 4 is 44.9 Å². The summed E-state index contributed by atoms with van der Waals surface area (Å²) in [4.78, 5) is 11.1. The molecule has 4 heteroatoms. The van der Waals surface area contributed by atoms with Gasteiger partial charge in [-0.15, -0.1) is 0 Å². The fourth-order valence-electron chi connectivity index (χ4n) is 1.69. The van der Waals surface area contributed by atoms with Crippen LogP contribution in [0, 0.1) is 5.92 Å². The second kappa shape index (κ2) is 4.08. The number of rotatable bonds is 2. The number of ketones is 1. The Morgan fingerprint density at radius 3 is 2.40 bits per heavy atom. The Bertz CT molecular complexity index is 386. The lowest BCUT2D eigenvalue weighted by molar-refractivity contribution is -0.128. The van der Waals surface area contributed by atoms with Gasteiger partial charge in [0.15, 0.2) is 10.1 Å². The van der Waals surface area contributed by atoms with Gasteiger partial charge in [-0.2, -0.15) is 0 Å². The van der Waals surface area contributed by atoms with Crippen molar-refractivity contribution in [3.63, 3.8) is 0 Å². The third-order valence-corrected chi connectivity index (χ3v) is 4.28. The summed E-state index contributed by atoms with van der Waals surface area (Å²) >= 11 is 15.2. The topological polar surface area (TPSA) is 17.1 Å². The summed E-state index contributed by atoms with van der Waals surface area (Å²) in [7, 11) is 0. The van der Waals surface area contributed by atoms with Gasteiger partial charge in [-0.05, 0) is 24.1 Å². The fourth-order valence-corrected chi connectivity index (χ4v) is 2.42. The highest BCUT2D eigenvalue weighted by Gasteiger charge is 2.51. The first-order valence-electron chi connectivity index (χ1n) is 4.65. The number of hydrogen-bond donors (Lipinski definition) is 0. The Morgan fingerprint density at radius 2 is 1.93 bits per heavy atom. The quantitative estimate of drug-likeness (QED) is 0.760. The van der Waals surface area contributed by atoms with Gasteiger partial charge in [-0.25, -0.2) is 0 Å². The molecule has 1 aliphatic rings. The van der Waals surface area contributed by atoms with Crippen molar-refractivity contribution in [2.24, 2.45) is 5.92 Å². The van der Waals surface area contributed by atoms with Gasteiger partial charge in [0, 0.05) is 16.8 Å². The smallest absolute Gasteiger partial charge is 0.179 e. The van der Waals surface area contributed by atoms with Crippen molar-refractivity contribution in [1.82, 2.24) is 0 Å². The molecular formula is C11H9BrCl2O.